The largest absolute Gasteiger partial charge is 0.271 e. The van der Waals surface area contributed by atoms with E-state index in [0.29, 0.717) is 0 Å². The number of aromatic nitrogens is 2. The average molecular weight is 278 g/mol. The van der Waals surface area contributed by atoms with Gasteiger partial charge >= 0.3 is 0 Å². The Kier molecular flexibility index (Phi) is 3.64. The summed E-state index contributed by atoms with van der Waals surface area (Å²) in [5.41, 5.74) is 8.98. The van der Waals surface area contributed by atoms with Gasteiger partial charge in [0.2, 0.25) is 0 Å². The van der Waals surface area contributed by atoms with Crippen LogP contribution in [0.1, 0.15) is 28.4 Å². The van der Waals surface area contributed by atoms with Gasteiger partial charge in [0.25, 0.3) is 0 Å². The molecule has 0 bridgehead atoms. The number of para-hydroxylation sites is 2. The first kappa shape index (κ1) is 13.7. The minimum Gasteiger partial charge on any atom is -0.271 e. The van der Waals surface area contributed by atoms with Crippen molar-refractivity contribution in [2.24, 2.45) is 5.84 Å². The highest BCUT2D eigenvalue weighted by Crippen LogP contribution is 2.24. The van der Waals surface area contributed by atoms with Crippen LogP contribution in [0.3, 0.4) is 0 Å². The average Bonchev–Trinajstić information content (AvgIpc) is 2.50. The van der Waals surface area contributed by atoms with E-state index in [2.05, 4.69) is 47.4 Å². The lowest BCUT2D eigenvalue weighted by Gasteiger charge is -2.18. The third-order valence-corrected chi connectivity index (χ3v) is 3.67. The Balaban J connectivity index is 2.09. The number of nitrogens with one attached hydrogen (secondary N) is 1. The summed E-state index contributed by atoms with van der Waals surface area (Å²) in [6, 6.07) is 14.0. The normalized spacial score (nSPS) is 12.5. The fourth-order valence-corrected chi connectivity index (χ4v) is 2.59. The number of nitrogens with two attached hydrogens (primary N) is 1. The number of nitrogens with zero attached hydrogens (tertiary/aromatic N) is 2. The van der Waals surface area contributed by atoms with Crippen molar-refractivity contribution >= 4 is 11.0 Å². The van der Waals surface area contributed by atoms with Gasteiger partial charge in [0.05, 0.1) is 29.0 Å². The van der Waals surface area contributed by atoms with Gasteiger partial charge in [0, 0.05) is 0 Å². The maximum absolute atomic E-state index is 5.77. The van der Waals surface area contributed by atoms with E-state index in [-0.39, 0.29) is 6.04 Å². The summed E-state index contributed by atoms with van der Waals surface area (Å²) < 4.78 is 0. The van der Waals surface area contributed by atoms with Crippen LogP contribution in [-0.2, 0) is 0 Å². The zero-order valence-corrected chi connectivity index (χ0v) is 12.2. The molecule has 2 aromatic carbocycles. The molecule has 0 fully saturated rings. The van der Waals surface area contributed by atoms with Gasteiger partial charge in [0.15, 0.2) is 0 Å². The Labute approximate surface area is 124 Å². The molecule has 1 atom stereocenters. The molecule has 0 spiro atoms. The van der Waals surface area contributed by atoms with Gasteiger partial charge in [-0.25, -0.2) is 10.4 Å². The fraction of sp³-hybridized carbons (Fsp3) is 0.176. The van der Waals surface area contributed by atoms with Crippen LogP contribution >= 0.6 is 0 Å². The van der Waals surface area contributed by atoms with E-state index < -0.39 is 0 Å². The standard InChI is InChI=1S/C17H18N4/c1-11-7-8-13(12(2)9-11)17(21-18)16-10-19-14-5-3-4-6-15(14)20-16/h3-10,17,21H,18H2,1-2H3. The lowest BCUT2D eigenvalue weighted by Crippen LogP contribution is -2.30. The van der Waals surface area contributed by atoms with Crippen molar-refractivity contribution in [1.82, 2.24) is 15.4 Å². The van der Waals surface area contributed by atoms with E-state index in [1.54, 1.807) is 6.20 Å². The highest BCUT2D eigenvalue weighted by atomic mass is 15.2. The number of hydrazine groups is 1. The van der Waals surface area contributed by atoms with Gasteiger partial charge in [-0.2, -0.15) is 0 Å². The summed E-state index contributed by atoms with van der Waals surface area (Å²) in [6.07, 6.45) is 1.78. The number of aryl methyl sites for hydroxylation is 2. The molecule has 3 N–H and O–H groups in total. The van der Waals surface area contributed by atoms with Crippen molar-refractivity contribution < 1.29 is 0 Å². The predicted octanol–water partition coefficient (Wildman–Crippen LogP) is 2.80. The second-order valence-electron chi connectivity index (χ2n) is 5.24. The number of benzene rings is 2. The van der Waals surface area contributed by atoms with Crippen LogP contribution in [0.15, 0.2) is 48.7 Å². The maximum Gasteiger partial charge on any atom is 0.0899 e. The molecule has 1 unspecified atom stereocenters. The minimum absolute atomic E-state index is 0.164. The number of hydrogen-bond donors (Lipinski definition) is 2. The minimum atomic E-state index is -0.164. The quantitative estimate of drug-likeness (QED) is 0.571. The van der Waals surface area contributed by atoms with E-state index in [4.69, 9.17) is 5.84 Å². The number of hydrogen-bond acceptors (Lipinski definition) is 4. The fourth-order valence-electron chi connectivity index (χ4n) is 2.59. The zero-order valence-electron chi connectivity index (χ0n) is 12.2. The zero-order chi connectivity index (χ0) is 14.8. The highest BCUT2D eigenvalue weighted by Gasteiger charge is 2.17. The molecule has 0 aliphatic rings. The Bertz CT molecular complexity index is 783. The van der Waals surface area contributed by atoms with Crippen molar-refractivity contribution in [1.29, 1.82) is 0 Å². The SMILES string of the molecule is Cc1ccc(C(NN)c2cnc3ccccc3n2)c(C)c1. The van der Waals surface area contributed by atoms with Gasteiger partial charge in [-0.15, -0.1) is 0 Å². The van der Waals surface area contributed by atoms with Crippen LogP contribution in [0.4, 0.5) is 0 Å². The number of rotatable bonds is 3. The summed E-state index contributed by atoms with van der Waals surface area (Å²) in [7, 11) is 0. The smallest absolute Gasteiger partial charge is 0.0899 e. The van der Waals surface area contributed by atoms with Gasteiger partial charge < -0.3 is 0 Å². The first-order chi connectivity index (χ1) is 10.2. The van der Waals surface area contributed by atoms with Crippen LogP contribution in [0.5, 0.6) is 0 Å². The van der Waals surface area contributed by atoms with Crippen molar-refractivity contribution in [3.05, 3.63) is 71.0 Å². The number of fused-ring (bicyclic) bond motifs is 1. The summed E-state index contributed by atoms with van der Waals surface area (Å²) in [4.78, 5) is 9.15. The van der Waals surface area contributed by atoms with Crippen molar-refractivity contribution in [2.75, 3.05) is 0 Å². The lowest BCUT2D eigenvalue weighted by atomic mass is 9.97. The van der Waals surface area contributed by atoms with Gasteiger partial charge in [0.1, 0.15) is 0 Å². The molecule has 4 heteroatoms. The molecule has 3 aromatic rings. The van der Waals surface area contributed by atoms with Crippen LogP contribution in [0.2, 0.25) is 0 Å². The van der Waals surface area contributed by atoms with E-state index in [0.717, 1.165) is 22.3 Å². The molecule has 106 valence electrons. The summed E-state index contributed by atoms with van der Waals surface area (Å²) in [6.45, 7) is 4.17. The second kappa shape index (κ2) is 5.60. The Hall–Kier alpha value is -2.30. The lowest BCUT2D eigenvalue weighted by molar-refractivity contribution is 0.617. The van der Waals surface area contributed by atoms with Crippen LogP contribution in [-0.4, -0.2) is 9.97 Å². The monoisotopic (exact) mass is 278 g/mol. The molecule has 0 aliphatic heterocycles. The molecule has 0 radical (unpaired) electrons. The molecule has 1 heterocycles. The first-order valence-electron chi connectivity index (χ1n) is 6.94. The molecule has 0 saturated heterocycles. The molecule has 1 aromatic heterocycles. The van der Waals surface area contributed by atoms with Crippen LogP contribution in [0.25, 0.3) is 11.0 Å². The molecule has 0 amide bonds. The molecule has 4 nitrogen and oxygen atoms in total. The van der Waals surface area contributed by atoms with Crippen LogP contribution in [0, 0.1) is 13.8 Å². The molecular weight excluding hydrogens is 260 g/mol. The van der Waals surface area contributed by atoms with E-state index in [1.165, 1.54) is 11.1 Å². The third-order valence-electron chi connectivity index (χ3n) is 3.67. The van der Waals surface area contributed by atoms with Crippen molar-refractivity contribution in [2.45, 2.75) is 19.9 Å². The van der Waals surface area contributed by atoms with Gasteiger partial charge in [-0.05, 0) is 37.1 Å². The molecule has 3 rings (SSSR count). The molecule has 0 saturated carbocycles. The Morgan fingerprint density at radius 3 is 2.52 bits per heavy atom. The molecular formula is C17H18N4. The van der Waals surface area contributed by atoms with E-state index >= 15 is 0 Å². The van der Waals surface area contributed by atoms with Crippen molar-refractivity contribution in [3.8, 4) is 0 Å². The van der Waals surface area contributed by atoms with Crippen molar-refractivity contribution in [3.63, 3.8) is 0 Å². The molecule has 21 heavy (non-hydrogen) atoms. The Morgan fingerprint density at radius 1 is 1.05 bits per heavy atom. The summed E-state index contributed by atoms with van der Waals surface area (Å²) >= 11 is 0. The third kappa shape index (κ3) is 2.63. The second-order valence-corrected chi connectivity index (χ2v) is 5.24. The van der Waals surface area contributed by atoms with Gasteiger partial charge in [-0.3, -0.25) is 10.8 Å². The molecule has 0 aliphatic carbocycles. The van der Waals surface area contributed by atoms with Crippen LogP contribution < -0.4 is 11.3 Å². The summed E-state index contributed by atoms with van der Waals surface area (Å²) in [5.74, 6) is 5.77. The topological polar surface area (TPSA) is 63.8 Å². The predicted molar refractivity (Wildman–Crippen MR) is 84.6 cm³/mol. The highest BCUT2D eigenvalue weighted by molar-refractivity contribution is 5.73. The van der Waals surface area contributed by atoms with Gasteiger partial charge in [-0.1, -0.05) is 35.9 Å². The van der Waals surface area contributed by atoms with E-state index in [9.17, 15) is 0 Å². The first-order valence-corrected chi connectivity index (χ1v) is 6.94. The Morgan fingerprint density at radius 2 is 1.81 bits per heavy atom. The maximum atomic E-state index is 5.77. The van der Waals surface area contributed by atoms with E-state index in [1.807, 2.05) is 24.3 Å². The summed E-state index contributed by atoms with van der Waals surface area (Å²) in [5, 5.41) is 0.